The van der Waals surface area contributed by atoms with Crippen LogP contribution in [-0.2, 0) is 18.8 Å². The number of aliphatic hydroxyl groups is 2. The SMILES string of the molecule is CCOC(=O)C(OC[C@H]1C[C@@H](n2cnc3cccc(C#N)c3c2=O)[C@H](O)[C@@H]1O)P(=O)(O)O. The Morgan fingerprint density at radius 2 is 2.09 bits per heavy atom. The fourth-order valence-electron chi connectivity index (χ4n) is 3.78. The fourth-order valence-corrected chi connectivity index (χ4v) is 4.41. The second-order valence-electron chi connectivity index (χ2n) is 7.34. The van der Waals surface area contributed by atoms with Crippen LogP contribution in [0.1, 0.15) is 24.9 Å². The van der Waals surface area contributed by atoms with Gasteiger partial charge in [0.25, 0.3) is 11.4 Å². The van der Waals surface area contributed by atoms with Crippen molar-refractivity contribution in [3.8, 4) is 6.07 Å². The molecule has 13 heteroatoms. The zero-order valence-corrected chi connectivity index (χ0v) is 17.8. The number of ether oxygens (including phenoxy) is 2. The molecule has 1 aromatic carbocycles. The number of hydrogen-bond donors (Lipinski definition) is 4. The summed E-state index contributed by atoms with van der Waals surface area (Å²) in [5.41, 5.74) is -0.164. The molecular weight excluding hydrogens is 445 g/mol. The first-order valence-electron chi connectivity index (χ1n) is 9.69. The van der Waals surface area contributed by atoms with E-state index in [-0.39, 0.29) is 24.0 Å². The second kappa shape index (κ2) is 9.46. The van der Waals surface area contributed by atoms with E-state index in [1.165, 1.54) is 19.3 Å². The molecule has 4 N–H and O–H groups in total. The molecule has 1 aromatic heterocycles. The Morgan fingerprint density at radius 3 is 2.72 bits per heavy atom. The molecule has 172 valence electrons. The van der Waals surface area contributed by atoms with E-state index >= 15 is 0 Å². The molecule has 1 unspecified atom stereocenters. The van der Waals surface area contributed by atoms with Crippen molar-refractivity contribution < 1.29 is 38.8 Å². The number of aliphatic hydroxyl groups excluding tert-OH is 2. The minimum atomic E-state index is -5.01. The standard InChI is InChI=1S/C19H22N3O9P/c1-2-30-18(26)19(32(27,28)29)31-8-11-6-13(16(24)15(11)23)22-9-21-12-5-3-4-10(7-20)14(12)17(22)25/h3-5,9,11,13,15-16,19,23-24H,2,6,8H2,1H3,(H2,27,28,29)/t11-,13-,15-,16+,19?/m1/s1. The average Bonchev–Trinajstić information content (AvgIpc) is 3.01. The molecule has 0 amide bonds. The molecule has 1 saturated carbocycles. The van der Waals surface area contributed by atoms with Crippen LogP contribution in [-0.4, -0.2) is 66.8 Å². The highest BCUT2D eigenvalue weighted by atomic mass is 31.2. The van der Waals surface area contributed by atoms with E-state index in [0.717, 1.165) is 4.57 Å². The lowest BCUT2D eigenvalue weighted by atomic mass is 10.1. The van der Waals surface area contributed by atoms with Gasteiger partial charge in [0.05, 0.1) is 48.2 Å². The Bertz CT molecular complexity index is 1150. The summed E-state index contributed by atoms with van der Waals surface area (Å²) in [6.45, 7) is 0.861. The summed E-state index contributed by atoms with van der Waals surface area (Å²) in [4.78, 5) is 47.7. The van der Waals surface area contributed by atoms with E-state index in [1.54, 1.807) is 12.1 Å². The van der Waals surface area contributed by atoms with Crippen LogP contribution in [0.4, 0.5) is 0 Å². The summed E-state index contributed by atoms with van der Waals surface area (Å²) in [7, 11) is -5.01. The number of carbonyl (C=O) groups is 1. The van der Waals surface area contributed by atoms with Gasteiger partial charge >= 0.3 is 13.6 Å². The molecule has 0 saturated heterocycles. The monoisotopic (exact) mass is 467 g/mol. The number of nitriles is 1. The number of hydrogen-bond acceptors (Lipinski definition) is 9. The van der Waals surface area contributed by atoms with Crippen molar-refractivity contribution >= 4 is 24.5 Å². The number of fused-ring (bicyclic) bond motifs is 1. The van der Waals surface area contributed by atoms with Crippen LogP contribution in [0.3, 0.4) is 0 Å². The van der Waals surface area contributed by atoms with Crippen LogP contribution in [0, 0.1) is 17.2 Å². The minimum absolute atomic E-state index is 0.0130. The predicted octanol–water partition coefficient (Wildman–Crippen LogP) is -0.366. The third-order valence-electron chi connectivity index (χ3n) is 5.32. The average molecular weight is 467 g/mol. The van der Waals surface area contributed by atoms with Crippen LogP contribution in [0.2, 0.25) is 0 Å². The quantitative estimate of drug-likeness (QED) is 0.307. The molecule has 1 fully saturated rings. The maximum Gasteiger partial charge on any atom is 0.365 e. The number of benzene rings is 1. The second-order valence-corrected chi connectivity index (χ2v) is 8.99. The van der Waals surface area contributed by atoms with E-state index in [0.29, 0.717) is 5.52 Å². The van der Waals surface area contributed by atoms with Gasteiger partial charge in [-0.05, 0) is 25.5 Å². The lowest BCUT2D eigenvalue weighted by Gasteiger charge is -2.21. The molecule has 5 atom stereocenters. The maximum atomic E-state index is 13.0. The highest BCUT2D eigenvalue weighted by Crippen LogP contribution is 2.43. The first-order chi connectivity index (χ1) is 15.1. The molecule has 2 aromatic rings. The van der Waals surface area contributed by atoms with Gasteiger partial charge in [0.1, 0.15) is 12.2 Å². The first-order valence-corrected chi connectivity index (χ1v) is 11.4. The number of nitrogens with zero attached hydrogens (tertiary/aromatic N) is 3. The normalized spacial score (nSPS) is 24.2. The highest BCUT2D eigenvalue weighted by Gasteiger charge is 2.45. The predicted molar refractivity (Wildman–Crippen MR) is 108 cm³/mol. The van der Waals surface area contributed by atoms with Gasteiger partial charge in [0.2, 0.25) is 0 Å². The summed E-state index contributed by atoms with van der Waals surface area (Å²) < 4.78 is 22.4. The minimum Gasteiger partial charge on any atom is -0.464 e. The summed E-state index contributed by atoms with van der Waals surface area (Å²) >= 11 is 0. The summed E-state index contributed by atoms with van der Waals surface area (Å²) in [6.07, 6.45) is -1.65. The molecule has 1 aliphatic carbocycles. The lowest BCUT2D eigenvalue weighted by molar-refractivity contribution is -0.153. The molecule has 0 bridgehead atoms. The van der Waals surface area contributed by atoms with Gasteiger partial charge in [-0.15, -0.1) is 0 Å². The Kier molecular flexibility index (Phi) is 7.09. The van der Waals surface area contributed by atoms with Crippen molar-refractivity contribution in [1.82, 2.24) is 9.55 Å². The first kappa shape index (κ1) is 24.0. The van der Waals surface area contributed by atoms with Crippen molar-refractivity contribution in [2.45, 2.75) is 37.4 Å². The molecule has 1 aliphatic rings. The Labute approximate surface area is 181 Å². The molecule has 0 spiro atoms. The van der Waals surface area contributed by atoms with Crippen LogP contribution >= 0.6 is 7.60 Å². The number of aromatic nitrogens is 2. The summed E-state index contributed by atoms with van der Waals surface area (Å²) in [5.74, 6) is -4.27. The molecule has 32 heavy (non-hydrogen) atoms. The Balaban J connectivity index is 1.85. The van der Waals surface area contributed by atoms with Gasteiger partial charge in [0, 0.05) is 5.92 Å². The number of rotatable bonds is 7. The van der Waals surface area contributed by atoms with Crippen LogP contribution < -0.4 is 5.56 Å². The van der Waals surface area contributed by atoms with E-state index in [2.05, 4.69) is 9.72 Å². The number of carbonyl (C=O) groups excluding carboxylic acids is 1. The van der Waals surface area contributed by atoms with E-state index in [9.17, 15) is 39.4 Å². The van der Waals surface area contributed by atoms with E-state index in [4.69, 9.17) is 4.74 Å². The van der Waals surface area contributed by atoms with Crippen molar-refractivity contribution in [3.05, 3.63) is 40.4 Å². The van der Waals surface area contributed by atoms with Crippen molar-refractivity contribution in [2.24, 2.45) is 5.92 Å². The van der Waals surface area contributed by atoms with Gasteiger partial charge in [-0.1, -0.05) is 6.07 Å². The van der Waals surface area contributed by atoms with Gasteiger partial charge in [-0.2, -0.15) is 5.26 Å². The van der Waals surface area contributed by atoms with Gasteiger partial charge < -0.3 is 29.5 Å². The van der Waals surface area contributed by atoms with Crippen LogP contribution in [0.15, 0.2) is 29.3 Å². The molecule has 0 aliphatic heterocycles. The van der Waals surface area contributed by atoms with Crippen molar-refractivity contribution in [1.29, 1.82) is 5.26 Å². The Morgan fingerprint density at radius 1 is 1.38 bits per heavy atom. The molecule has 1 heterocycles. The van der Waals surface area contributed by atoms with Crippen molar-refractivity contribution in [2.75, 3.05) is 13.2 Å². The Hall–Kier alpha value is -2.65. The fraction of sp³-hybridized carbons (Fsp3) is 0.474. The largest absolute Gasteiger partial charge is 0.464 e. The van der Waals surface area contributed by atoms with E-state index in [1.807, 2.05) is 6.07 Å². The lowest BCUT2D eigenvalue weighted by Crippen LogP contribution is -2.35. The third-order valence-corrected chi connectivity index (χ3v) is 6.29. The van der Waals surface area contributed by atoms with Crippen molar-refractivity contribution in [3.63, 3.8) is 0 Å². The van der Waals surface area contributed by atoms with Gasteiger partial charge in [-0.3, -0.25) is 13.9 Å². The zero-order chi connectivity index (χ0) is 23.6. The van der Waals surface area contributed by atoms with E-state index < -0.39 is 55.7 Å². The van der Waals surface area contributed by atoms with Gasteiger partial charge in [-0.25, -0.2) is 9.78 Å². The zero-order valence-electron chi connectivity index (χ0n) is 16.9. The van der Waals surface area contributed by atoms with Gasteiger partial charge in [0.15, 0.2) is 0 Å². The molecule has 0 radical (unpaired) electrons. The number of esters is 1. The molecule has 12 nitrogen and oxygen atoms in total. The smallest absolute Gasteiger partial charge is 0.365 e. The summed E-state index contributed by atoms with van der Waals surface area (Å²) in [5, 5.41) is 30.3. The molecule has 3 rings (SSSR count). The highest BCUT2D eigenvalue weighted by molar-refractivity contribution is 7.53. The topological polar surface area (TPSA) is 192 Å². The van der Waals surface area contributed by atoms with Crippen LogP contribution in [0.5, 0.6) is 0 Å². The summed E-state index contributed by atoms with van der Waals surface area (Å²) in [6, 6.07) is 5.59. The third kappa shape index (κ3) is 4.59. The molecular formula is C19H22N3O9P. The maximum absolute atomic E-state index is 13.0. The van der Waals surface area contributed by atoms with Crippen LogP contribution in [0.25, 0.3) is 10.9 Å².